The van der Waals surface area contributed by atoms with Gasteiger partial charge in [-0.05, 0) is 247 Å². The number of hydrogen-bond donors (Lipinski definition) is 4. The van der Waals surface area contributed by atoms with E-state index in [9.17, 15) is 95.9 Å². The van der Waals surface area contributed by atoms with Gasteiger partial charge in [0.25, 0.3) is 0 Å². The van der Waals surface area contributed by atoms with Crippen LogP contribution in [0.1, 0.15) is 219 Å². The number of ether oxygens (including phenoxy) is 9. The number of alkyl halides is 16. The summed E-state index contributed by atoms with van der Waals surface area (Å²) in [5, 5.41) is 41.8. The molecule has 4 N–H and O–H groups in total. The molecule has 0 spiro atoms. The highest BCUT2D eigenvalue weighted by Gasteiger charge is 2.47. The lowest BCUT2D eigenvalue weighted by Crippen LogP contribution is -2.48. The smallest absolute Gasteiger partial charge is 0.422 e. The zero-order valence-corrected chi connectivity index (χ0v) is 82.6. The molecule has 7 unspecified atom stereocenters. The van der Waals surface area contributed by atoms with E-state index in [0.717, 1.165) is 185 Å². The third-order valence-corrected chi connectivity index (χ3v) is 27.9. The molecule has 0 saturated carbocycles. The van der Waals surface area contributed by atoms with E-state index in [1.807, 2.05) is 6.07 Å². The topological polar surface area (TPSA) is 214 Å². The van der Waals surface area contributed by atoms with E-state index < -0.39 is 61.7 Å². The standard InChI is InChI=1S/3C20H28F3NO3.C20H26F3NO3.C18H25NO3.C2H2F3I/c4*1-12(2)6-14-10-24-5-4-13-7-19(27-11-20(21,22)23)18(26-3)8-15(13)16(24)9-17(14)25;1-11(2)6-13-10-19-5-4-12-7-17(21)18(22-3)8-14(12)15(19)9-16(13)20;3-2(4,5)1-6/h3*7-8,12,14,16-17,25H,4-6,9-11H2,1-3H3;7-8,12,14,16H,4-6,9-11H2,1-3H3;7-8,11,13,15,21H,4-6,9-10H2,1-3H3;1H2/t2*14-,16-,17-;;;;/m10..../s1. The van der Waals surface area contributed by atoms with Gasteiger partial charge in [-0.25, -0.2) is 0 Å². The number of carbonyl (C=O) groups excluding carboxylic acids is 2. The molecule has 0 radical (unpaired) electrons. The minimum absolute atomic E-state index is 0.0322. The zero-order chi connectivity index (χ0) is 100. The van der Waals surface area contributed by atoms with Gasteiger partial charge in [0.05, 0.1) is 58.3 Å². The van der Waals surface area contributed by atoms with Crippen LogP contribution in [0.2, 0.25) is 0 Å². The summed E-state index contributed by atoms with van der Waals surface area (Å²) in [6.07, 6.45) is -11.0. The largest absolute Gasteiger partial charge is 0.504 e. The molecule has 5 aromatic rings. The second-order valence-corrected chi connectivity index (χ2v) is 40.5. The monoisotopic (exact) mass is 2060 g/mol. The Hall–Kier alpha value is -7.20. The van der Waals surface area contributed by atoms with Crippen LogP contribution in [0.5, 0.6) is 57.5 Å². The number of nitrogens with zero attached hydrogens (tertiary/aromatic N) is 5. The summed E-state index contributed by atoms with van der Waals surface area (Å²) in [6, 6.07) is 17.8. The highest BCUT2D eigenvalue weighted by Crippen LogP contribution is 2.51. The number of piperidine rings is 5. The van der Waals surface area contributed by atoms with Crippen molar-refractivity contribution in [2.45, 2.75) is 245 Å². The Balaban J connectivity index is 0.000000173. The Bertz CT molecular complexity index is 4460. The lowest BCUT2D eigenvalue weighted by molar-refractivity contribution is -0.154. The zero-order valence-electron chi connectivity index (χ0n) is 80.4. The molecule has 5 aromatic carbocycles. The average Bonchev–Trinajstić information content (AvgIpc) is 0.781. The van der Waals surface area contributed by atoms with E-state index in [1.54, 1.807) is 61.7 Å². The molecule has 136 heavy (non-hydrogen) atoms. The first kappa shape index (κ1) is 111. The molecule has 0 aliphatic carbocycles. The summed E-state index contributed by atoms with van der Waals surface area (Å²) in [4.78, 5) is 37.1. The van der Waals surface area contributed by atoms with Crippen LogP contribution in [-0.4, -0.2) is 238 Å². The highest BCUT2D eigenvalue weighted by molar-refractivity contribution is 14.1. The summed E-state index contributed by atoms with van der Waals surface area (Å²) < 4.78 is 228. The third-order valence-electron chi connectivity index (χ3n) is 27.1. The van der Waals surface area contributed by atoms with Crippen molar-refractivity contribution < 1.29 is 139 Å². The minimum Gasteiger partial charge on any atom is -0.504 e. The first-order valence-corrected chi connectivity index (χ1v) is 48.7. The number of hydrogen-bond acceptors (Lipinski definition) is 20. The van der Waals surface area contributed by atoms with Crippen molar-refractivity contribution in [3.8, 4) is 57.5 Å². The number of aliphatic hydroxyl groups is 3. The van der Waals surface area contributed by atoms with E-state index >= 15 is 0 Å². The molecule has 36 heteroatoms. The number of benzene rings is 5. The molecule has 5 fully saturated rings. The highest BCUT2D eigenvalue weighted by atomic mass is 127. The van der Waals surface area contributed by atoms with E-state index in [4.69, 9.17) is 42.6 Å². The molecule has 10 aliphatic heterocycles. The lowest BCUT2D eigenvalue weighted by Gasteiger charge is -2.46. The average molecular weight is 2060 g/mol. The quantitative estimate of drug-likeness (QED) is 0.0272. The van der Waals surface area contributed by atoms with Crippen LogP contribution in [0, 0.1) is 59.2 Å². The van der Waals surface area contributed by atoms with Crippen LogP contribution in [0.15, 0.2) is 60.7 Å². The number of rotatable bonds is 23. The van der Waals surface area contributed by atoms with Crippen molar-refractivity contribution in [2.75, 3.05) is 132 Å². The predicted octanol–water partition coefficient (Wildman–Crippen LogP) is 21.0. The van der Waals surface area contributed by atoms with Gasteiger partial charge < -0.3 is 63.1 Å². The number of carbonyl (C=O) groups is 2. The number of aromatic hydroxyl groups is 1. The number of ketones is 2. The summed E-state index contributed by atoms with van der Waals surface area (Å²) in [5.74, 6) is 6.66. The fraction of sp³-hybridized carbons (Fsp3) is 0.680. The van der Waals surface area contributed by atoms with Gasteiger partial charge in [-0.15, -0.1) is 0 Å². The van der Waals surface area contributed by atoms with Crippen molar-refractivity contribution in [2.24, 2.45) is 59.2 Å². The molecular weight excluding hydrogens is 1920 g/mol. The van der Waals surface area contributed by atoms with Crippen molar-refractivity contribution in [3.63, 3.8) is 0 Å². The van der Waals surface area contributed by atoms with Crippen molar-refractivity contribution >= 4 is 34.2 Å². The normalized spacial score (nSPS) is 24.6. The molecule has 0 bridgehead atoms. The first-order valence-electron chi connectivity index (χ1n) is 47.2. The van der Waals surface area contributed by atoms with Crippen molar-refractivity contribution in [1.82, 2.24) is 24.5 Å². The number of phenols is 1. The molecule has 10 aliphatic rings. The SMILES string of the molecule is COc1cc2c(cc1O)CCN1CC(CC(C)C)C(=O)CC21.COc1cc2c(cc1OCC(F)(F)F)CCN1CC(CC(C)C)C(=O)CC21.COc1cc2c(cc1OCC(F)(F)F)CCN1CC(CC(C)C)C(O)CC21.COc1cc2c(cc1OCC(F)(F)F)CCN1C[C@@H](CC(C)C)[C@H](O)C[C@H]21.COc1cc2c(cc1OCC(F)(F)F)CCN1C[C@H](CC(C)C)[C@@H](O)C[C@@H]21.FC(F)(F)CI. The van der Waals surface area contributed by atoms with Gasteiger partial charge >= 0.3 is 30.9 Å². The van der Waals surface area contributed by atoms with Crippen LogP contribution in [0.25, 0.3) is 0 Å². The fourth-order valence-corrected chi connectivity index (χ4v) is 21.2. The molecule has 0 aromatic heterocycles. The number of phenolic OH excluding ortho intramolecular Hbond substituents is 1. The molecule has 13 atom stereocenters. The second kappa shape index (κ2) is 48.0. The molecule has 0 amide bonds. The lowest BCUT2D eigenvalue weighted by atomic mass is 9.79. The van der Waals surface area contributed by atoms with Crippen LogP contribution in [0.3, 0.4) is 0 Å². The number of aliphatic hydroxyl groups excluding tert-OH is 3. The maximum atomic E-state index is 12.6. The van der Waals surface area contributed by atoms with Crippen molar-refractivity contribution in [3.05, 3.63) is 116 Å². The number of methoxy groups -OCH3 is 5. The molecule has 20 nitrogen and oxygen atoms in total. The fourth-order valence-electron chi connectivity index (χ4n) is 21.2. The number of Topliss-reactive ketones (excluding diaryl/α,β-unsaturated/α-hetero) is 2. The van der Waals surface area contributed by atoms with Gasteiger partial charge in [0.15, 0.2) is 83.9 Å². The first-order chi connectivity index (χ1) is 63.8. The maximum absolute atomic E-state index is 12.6. The van der Waals surface area contributed by atoms with Gasteiger partial charge in [0.2, 0.25) is 0 Å². The molecule has 764 valence electrons. The van der Waals surface area contributed by atoms with Gasteiger partial charge in [-0.3, -0.25) is 34.1 Å². The Morgan fingerprint density at radius 3 is 0.765 bits per heavy atom. The summed E-state index contributed by atoms with van der Waals surface area (Å²) >= 11 is 1.27. The van der Waals surface area contributed by atoms with E-state index in [-0.39, 0.29) is 118 Å². The van der Waals surface area contributed by atoms with E-state index in [2.05, 4.69) is 93.7 Å². The Labute approximate surface area is 802 Å². The Morgan fingerprint density at radius 2 is 0.544 bits per heavy atom. The van der Waals surface area contributed by atoms with Gasteiger partial charge in [-0.1, -0.05) is 91.8 Å². The summed E-state index contributed by atoms with van der Waals surface area (Å²) in [7, 11) is 7.26. The van der Waals surface area contributed by atoms with Gasteiger partial charge in [0, 0.05) is 120 Å². The summed E-state index contributed by atoms with van der Waals surface area (Å²) in [5.41, 5.74) is 10.2. The Kier molecular flexibility index (Phi) is 39.1. The molecular formula is C100H137F15IN5O15. The van der Waals surface area contributed by atoms with Crippen LogP contribution in [0.4, 0.5) is 65.9 Å². The predicted molar refractivity (Wildman–Crippen MR) is 494 cm³/mol. The third kappa shape index (κ3) is 30.9. The van der Waals surface area contributed by atoms with E-state index in [0.29, 0.717) is 90.5 Å². The molecule has 10 heterocycles. The van der Waals surface area contributed by atoms with Crippen LogP contribution >= 0.6 is 22.6 Å². The van der Waals surface area contributed by atoms with Gasteiger partial charge in [0.1, 0.15) is 11.6 Å². The van der Waals surface area contributed by atoms with Crippen LogP contribution in [-0.2, 0) is 41.7 Å². The summed E-state index contributed by atoms with van der Waals surface area (Å²) in [6.45, 7) is 24.6. The number of fused-ring (bicyclic) bond motifs is 15. The van der Waals surface area contributed by atoms with Crippen LogP contribution < -0.4 is 42.6 Å². The molecule has 5 saturated heterocycles. The van der Waals surface area contributed by atoms with Crippen molar-refractivity contribution in [1.29, 1.82) is 0 Å². The van der Waals surface area contributed by atoms with Gasteiger partial charge in [-0.2, -0.15) is 65.9 Å². The second-order valence-electron chi connectivity index (χ2n) is 39.8. The molecule has 15 rings (SSSR count). The number of halogens is 16. The Morgan fingerprint density at radius 1 is 0.324 bits per heavy atom. The minimum atomic E-state index is -4.40. The maximum Gasteiger partial charge on any atom is 0.422 e. The van der Waals surface area contributed by atoms with E-state index in [1.165, 1.54) is 51.0 Å².